The fraction of sp³-hybridized carbons (Fsp3) is 0.0625. The molecule has 1 aliphatic carbocycles. The van der Waals surface area contributed by atoms with Crippen molar-refractivity contribution in [2.45, 2.75) is 0 Å². The summed E-state index contributed by atoms with van der Waals surface area (Å²) >= 11 is 1.25. The second-order valence-corrected chi connectivity index (χ2v) is 5.71. The van der Waals surface area contributed by atoms with E-state index in [4.69, 9.17) is 9.26 Å². The highest BCUT2D eigenvalue weighted by Gasteiger charge is 2.37. The molecule has 2 aromatic heterocycles. The number of methoxy groups -OCH3 is 1. The van der Waals surface area contributed by atoms with Crippen LogP contribution < -0.4 is 4.74 Å². The van der Waals surface area contributed by atoms with E-state index >= 15 is 0 Å². The largest absolute Gasteiger partial charge is 0.497 e. The Morgan fingerprint density at radius 1 is 1.18 bits per heavy atom. The predicted molar refractivity (Wildman–Crippen MR) is 79.7 cm³/mol. The maximum atomic E-state index is 12.7. The molecule has 5 nitrogen and oxygen atoms in total. The summed E-state index contributed by atoms with van der Waals surface area (Å²) in [5.74, 6) is 0.125. The van der Waals surface area contributed by atoms with Crippen molar-refractivity contribution in [1.29, 1.82) is 0 Å². The maximum absolute atomic E-state index is 12.7. The number of nitrogens with zero attached hydrogens (tertiary/aromatic N) is 1. The van der Waals surface area contributed by atoms with Crippen molar-refractivity contribution in [2.75, 3.05) is 7.11 Å². The van der Waals surface area contributed by atoms with Crippen LogP contribution in [0.2, 0.25) is 0 Å². The topological polar surface area (TPSA) is 69.4 Å². The maximum Gasteiger partial charge on any atom is 0.233 e. The number of ketones is 2. The highest BCUT2D eigenvalue weighted by molar-refractivity contribution is 7.12. The van der Waals surface area contributed by atoms with Crippen LogP contribution in [0.5, 0.6) is 5.75 Å². The van der Waals surface area contributed by atoms with E-state index in [1.807, 2.05) is 0 Å². The molecule has 0 unspecified atom stereocenters. The van der Waals surface area contributed by atoms with Gasteiger partial charge in [-0.3, -0.25) is 9.59 Å². The van der Waals surface area contributed by atoms with E-state index in [-0.39, 0.29) is 22.9 Å². The van der Waals surface area contributed by atoms with Crippen LogP contribution in [0.1, 0.15) is 31.4 Å². The van der Waals surface area contributed by atoms with Gasteiger partial charge in [0.25, 0.3) is 0 Å². The number of fused-ring (bicyclic) bond motifs is 2. The lowest BCUT2D eigenvalue weighted by Gasteiger charge is -2.09. The van der Waals surface area contributed by atoms with E-state index < -0.39 is 0 Å². The van der Waals surface area contributed by atoms with Crippen LogP contribution in [-0.2, 0) is 0 Å². The summed E-state index contributed by atoms with van der Waals surface area (Å²) in [6.07, 6.45) is 0. The Bertz CT molecular complexity index is 922. The molecule has 1 aliphatic rings. The summed E-state index contributed by atoms with van der Waals surface area (Å²) in [7, 11) is 1.56. The molecule has 0 bridgehead atoms. The Hall–Kier alpha value is -2.73. The van der Waals surface area contributed by atoms with Gasteiger partial charge in [-0.25, -0.2) is 0 Å². The van der Waals surface area contributed by atoms with Gasteiger partial charge in [-0.05, 0) is 23.6 Å². The van der Waals surface area contributed by atoms with Gasteiger partial charge in [0, 0.05) is 11.1 Å². The molecule has 4 rings (SSSR count). The Morgan fingerprint density at radius 2 is 2.05 bits per heavy atom. The van der Waals surface area contributed by atoms with Crippen molar-refractivity contribution in [3.8, 4) is 17.0 Å². The second-order valence-electron chi connectivity index (χ2n) is 4.79. The monoisotopic (exact) mass is 311 g/mol. The molecule has 2 heterocycles. The van der Waals surface area contributed by atoms with Gasteiger partial charge in [-0.2, -0.15) is 0 Å². The van der Waals surface area contributed by atoms with Crippen molar-refractivity contribution in [3.05, 3.63) is 57.5 Å². The van der Waals surface area contributed by atoms with Crippen molar-refractivity contribution < 1.29 is 18.8 Å². The molecular formula is C16H9NO4S. The molecular weight excluding hydrogens is 302 g/mol. The molecule has 0 atom stereocenters. The van der Waals surface area contributed by atoms with E-state index in [1.54, 1.807) is 42.8 Å². The van der Waals surface area contributed by atoms with Crippen LogP contribution >= 0.6 is 11.3 Å². The summed E-state index contributed by atoms with van der Waals surface area (Å²) in [4.78, 5) is 25.5. The quantitative estimate of drug-likeness (QED) is 0.568. The fourth-order valence-electron chi connectivity index (χ4n) is 2.52. The fourth-order valence-corrected chi connectivity index (χ4v) is 3.36. The lowest BCUT2D eigenvalue weighted by Crippen LogP contribution is -2.17. The molecule has 6 heteroatoms. The first-order chi connectivity index (χ1) is 10.7. The van der Waals surface area contributed by atoms with Crippen LogP contribution in [-0.4, -0.2) is 23.8 Å². The molecule has 1 aromatic carbocycles. The van der Waals surface area contributed by atoms with E-state index in [2.05, 4.69) is 5.16 Å². The highest BCUT2D eigenvalue weighted by Crippen LogP contribution is 2.36. The summed E-state index contributed by atoms with van der Waals surface area (Å²) in [6.45, 7) is 0. The zero-order valence-corrected chi connectivity index (χ0v) is 12.3. The Balaban J connectivity index is 1.93. The zero-order chi connectivity index (χ0) is 15.3. The molecule has 3 aromatic rings. The van der Waals surface area contributed by atoms with Crippen LogP contribution in [0.3, 0.4) is 0 Å². The normalized spacial score (nSPS) is 13.0. The number of carbonyl (C=O) groups excluding carboxylic acids is 2. The molecule has 0 N–H and O–H groups in total. The number of hydrogen-bond donors (Lipinski definition) is 0. The van der Waals surface area contributed by atoms with E-state index in [0.717, 1.165) is 0 Å². The minimum atomic E-state index is -0.299. The van der Waals surface area contributed by atoms with Gasteiger partial charge in [0.05, 0.1) is 12.0 Å². The number of carbonyl (C=O) groups is 2. The number of hydrogen-bond acceptors (Lipinski definition) is 6. The second kappa shape index (κ2) is 4.64. The van der Waals surface area contributed by atoms with Gasteiger partial charge in [0.2, 0.25) is 17.3 Å². The predicted octanol–water partition coefficient (Wildman–Crippen LogP) is 3.19. The first kappa shape index (κ1) is 13.0. The lowest BCUT2D eigenvalue weighted by atomic mass is 9.92. The molecule has 108 valence electrons. The van der Waals surface area contributed by atoms with Crippen LogP contribution in [0, 0.1) is 0 Å². The summed E-state index contributed by atoms with van der Waals surface area (Å²) < 4.78 is 10.3. The Kier molecular flexibility index (Phi) is 2.74. The van der Waals surface area contributed by atoms with Crippen LogP contribution in [0.15, 0.2) is 40.2 Å². The van der Waals surface area contributed by atoms with Gasteiger partial charge in [0.1, 0.15) is 17.0 Å². The number of ether oxygens (including phenoxy) is 1. The van der Waals surface area contributed by atoms with E-state index in [9.17, 15) is 9.59 Å². The molecule has 0 spiro atoms. The summed E-state index contributed by atoms with van der Waals surface area (Å²) in [5, 5.41) is 5.67. The van der Waals surface area contributed by atoms with Crippen molar-refractivity contribution in [3.63, 3.8) is 0 Å². The third kappa shape index (κ3) is 1.67. The van der Waals surface area contributed by atoms with Crippen LogP contribution in [0.4, 0.5) is 0 Å². The third-order valence-corrected chi connectivity index (χ3v) is 4.50. The molecule has 0 radical (unpaired) electrons. The van der Waals surface area contributed by atoms with Gasteiger partial charge in [0.15, 0.2) is 0 Å². The number of rotatable bonds is 2. The average Bonchev–Trinajstić information content (AvgIpc) is 3.20. The van der Waals surface area contributed by atoms with Crippen molar-refractivity contribution >= 4 is 22.9 Å². The molecule has 0 amide bonds. The minimum Gasteiger partial charge on any atom is -0.497 e. The number of thiophene rings is 1. The highest BCUT2D eigenvalue weighted by atomic mass is 32.1. The number of aromatic nitrogens is 1. The average molecular weight is 311 g/mol. The van der Waals surface area contributed by atoms with Gasteiger partial charge < -0.3 is 9.26 Å². The van der Waals surface area contributed by atoms with E-state index in [0.29, 0.717) is 27.4 Å². The lowest BCUT2D eigenvalue weighted by molar-refractivity contribution is 0.0958. The van der Waals surface area contributed by atoms with E-state index in [1.165, 1.54) is 11.3 Å². The first-order valence-electron chi connectivity index (χ1n) is 6.51. The Morgan fingerprint density at radius 3 is 2.86 bits per heavy atom. The summed E-state index contributed by atoms with van der Waals surface area (Å²) in [6, 6.07) is 8.76. The first-order valence-corrected chi connectivity index (χ1v) is 7.39. The number of benzene rings is 1. The van der Waals surface area contributed by atoms with Gasteiger partial charge in [-0.1, -0.05) is 17.3 Å². The standard InChI is InChI=1S/C16H9NO4S/c1-20-9-4-2-3-8(7-9)12-11-14(19)16-10(5-6-22-16)13(18)15(11)21-17-12/h2-7H,1H3. The molecule has 22 heavy (non-hydrogen) atoms. The Labute approximate surface area is 129 Å². The SMILES string of the molecule is COc1cccc(-c2noc3c2C(=O)c2sccc2C3=O)c1. The molecule has 0 saturated carbocycles. The van der Waals surface area contributed by atoms with Gasteiger partial charge in [-0.15, -0.1) is 11.3 Å². The van der Waals surface area contributed by atoms with Crippen molar-refractivity contribution in [1.82, 2.24) is 5.16 Å². The third-order valence-electron chi connectivity index (χ3n) is 3.58. The summed E-state index contributed by atoms with van der Waals surface area (Å²) in [5.41, 5.74) is 1.65. The van der Waals surface area contributed by atoms with Crippen molar-refractivity contribution in [2.24, 2.45) is 0 Å². The molecule has 0 fully saturated rings. The smallest absolute Gasteiger partial charge is 0.233 e. The van der Waals surface area contributed by atoms with Crippen LogP contribution in [0.25, 0.3) is 11.3 Å². The molecule has 0 aliphatic heterocycles. The minimum absolute atomic E-state index is 0.00807. The zero-order valence-electron chi connectivity index (χ0n) is 11.5. The van der Waals surface area contributed by atoms with Gasteiger partial charge >= 0.3 is 0 Å². The molecule has 0 saturated heterocycles.